The lowest BCUT2D eigenvalue weighted by molar-refractivity contribution is 0.504. The Morgan fingerprint density at radius 2 is 2.19 bits per heavy atom. The topological polar surface area (TPSA) is 56.7 Å². The van der Waals surface area contributed by atoms with Gasteiger partial charge in [0.25, 0.3) is 0 Å². The van der Waals surface area contributed by atoms with Gasteiger partial charge in [-0.1, -0.05) is 31.9 Å². The van der Waals surface area contributed by atoms with Crippen molar-refractivity contribution in [2.24, 2.45) is 11.7 Å². The average Bonchev–Trinajstić information content (AvgIpc) is 2.98. The van der Waals surface area contributed by atoms with Crippen LogP contribution in [0.1, 0.15) is 50.4 Å². The fourth-order valence-electron chi connectivity index (χ4n) is 2.18. The summed E-state index contributed by atoms with van der Waals surface area (Å²) in [4.78, 5) is 0. The molecule has 1 heterocycles. The van der Waals surface area contributed by atoms with Gasteiger partial charge in [0.05, 0.1) is 11.4 Å². The van der Waals surface area contributed by atoms with Gasteiger partial charge in [-0.25, -0.2) is 4.68 Å². The highest BCUT2D eigenvalue weighted by Gasteiger charge is 2.22. The molecule has 16 heavy (non-hydrogen) atoms. The molecule has 1 aromatic rings. The fraction of sp³-hybridized carbons (Fsp3) is 0.833. The van der Waals surface area contributed by atoms with E-state index >= 15 is 0 Å². The molecule has 4 nitrogen and oxygen atoms in total. The zero-order valence-electron chi connectivity index (χ0n) is 10.3. The second-order valence-corrected chi connectivity index (χ2v) is 5.07. The van der Waals surface area contributed by atoms with Gasteiger partial charge in [-0.15, -0.1) is 5.10 Å². The van der Waals surface area contributed by atoms with Gasteiger partial charge >= 0.3 is 0 Å². The summed E-state index contributed by atoms with van der Waals surface area (Å²) in [7, 11) is 0. The molecule has 1 aliphatic rings. The van der Waals surface area contributed by atoms with Crippen molar-refractivity contribution in [3.8, 4) is 0 Å². The minimum atomic E-state index is 0.482. The molecule has 0 atom stereocenters. The van der Waals surface area contributed by atoms with Crippen molar-refractivity contribution in [1.82, 2.24) is 15.0 Å². The van der Waals surface area contributed by atoms with E-state index in [1.165, 1.54) is 25.0 Å². The van der Waals surface area contributed by atoms with E-state index < -0.39 is 0 Å². The molecule has 2 rings (SSSR count). The quantitative estimate of drug-likeness (QED) is 0.797. The summed E-state index contributed by atoms with van der Waals surface area (Å²) in [5.74, 6) is 1.43. The maximum absolute atomic E-state index is 5.59. The second-order valence-electron chi connectivity index (χ2n) is 5.07. The first kappa shape index (κ1) is 11.6. The first-order chi connectivity index (χ1) is 7.72. The van der Waals surface area contributed by atoms with Crippen LogP contribution in [0.2, 0.25) is 0 Å². The Bertz CT molecular complexity index is 339. The Kier molecular flexibility index (Phi) is 3.59. The zero-order valence-corrected chi connectivity index (χ0v) is 10.3. The molecule has 0 amide bonds. The highest BCUT2D eigenvalue weighted by Crippen LogP contribution is 2.33. The fourth-order valence-corrected chi connectivity index (χ4v) is 2.18. The summed E-state index contributed by atoms with van der Waals surface area (Å²) in [6, 6.07) is 0. The van der Waals surface area contributed by atoms with Crippen molar-refractivity contribution in [2.75, 3.05) is 6.54 Å². The molecule has 1 aromatic heterocycles. The van der Waals surface area contributed by atoms with Gasteiger partial charge < -0.3 is 5.73 Å². The predicted octanol–water partition coefficient (Wildman–Crippen LogP) is 1.70. The molecule has 0 aromatic carbocycles. The van der Waals surface area contributed by atoms with Gasteiger partial charge in [0.2, 0.25) is 0 Å². The smallest absolute Gasteiger partial charge is 0.0874 e. The molecular weight excluding hydrogens is 200 g/mol. The maximum atomic E-state index is 5.59. The Morgan fingerprint density at radius 3 is 2.75 bits per heavy atom. The average molecular weight is 222 g/mol. The molecule has 2 N–H and O–H groups in total. The molecular formula is C12H22N4. The summed E-state index contributed by atoms with van der Waals surface area (Å²) in [5.41, 5.74) is 7.97. The molecule has 1 aliphatic carbocycles. The molecule has 0 unspecified atom stereocenters. The standard InChI is InChI=1S/C12H22N4/c1-9(2)12-11(5-7-13)14-15-16(12)8-6-10-3-4-10/h9-10H,3-8,13H2,1-2H3. The second kappa shape index (κ2) is 4.95. The third kappa shape index (κ3) is 2.61. The largest absolute Gasteiger partial charge is 0.330 e. The summed E-state index contributed by atoms with van der Waals surface area (Å²) >= 11 is 0. The van der Waals surface area contributed by atoms with Crippen LogP contribution in [0.4, 0.5) is 0 Å². The summed E-state index contributed by atoms with van der Waals surface area (Å²) in [5, 5.41) is 8.53. The SMILES string of the molecule is CC(C)c1c(CCN)nnn1CCC1CC1. The van der Waals surface area contributed by atoms with Crippen molar-refractivity contribution in [3.05, 3.63) is 11.4 Å². The summed E-state index contributed by atoms with van der Waals surface area (Å²) < 4.78 is 2.09. The number of rotatable bonds is 6. The molecule has 0 saturated heterocycles. The van der Waals surface area contributed by atoms with Crippen LogP contribution >= 0.6 is 0 Å². The molecule has 0 spiro atoms. The minimum absolute atomic E-state index is 0.482. The molecule has 0 radical (unpaired) electrons. The van der Waals surface area contributed by atoms with Gasteiger partial charge in [0.15, 0.2) is 0 Å². The first-order valence-electron chi connectivity index (χ1n) is 6.34. The summed E-state index contributed by atoms with van der Waals surface area (Å²) in [6.07, 6.45) is 4.91. The number of hydrogen-bond donors (Lipinski definition) is 1. The Labute approximate surface area is 97.2 Å². The van der Waals surface area contributed by atoms with E-state index in [4.69, 9.17) is 5.73 Å². The highest BCUT2D eigenvalue weighted by molar-refractivity contribution is 5.14. The molecule has 1 saturated carbocycles. The number of aryl methyl sites for hydroxylation is 1. The van der Waals surface area contributed by atoms with Crippen LogP contribution in [-0.2, 0) is 13.0 Å². The lowest BCUT2D eigenvalue weighted by Gasteiger charge is -2.10. The van der Waals surface area contributed by atoms with Gasteiger partial charge in [-0.3, -0.25) is 0 Å². The number of hydrogen-bond acceptors (Lipinski definition) is 3. The lowest BCUT2D eigenvalue weighted by atomic mass is 10.1. The lowest BCUT2D eigenvalue weighted by Crippen LogP contribution is -2.10. The highest BCUT2D eigenvalue weighted by atomic mass is 15.4. The van der Waals surface area contributed by atoms with E-state index in [1.54, 1.807) is 0 Å². The van der Waals surface area contributed by atoms with E-state index in [0.717, 1.165) is 24.6 Å². The van der Waals surface area contributed by atoms with Gasteiger partial charge in [0.1, 0.15) is 0 Å². The molecule has 0 bridgehead atoms. The Balaban J connectivity index is 2.08. The summed E-state index contributed by atoms with van der Waals surface area (Å²) in [6.45, 7) is 6.08. The number of aromatic nitrogens is 3. The normalized spacial score (nSPS) is 16.0. The van der Waals surface area contributed by atoms with Crippen molar-refractivity contribution < 1.29 is 0 Å². The molecule has 90 valence electrons. The minimum Gasteiger partial charge on any atom is -0.330 e. The van der Waals surface area contributed by atoms with E-state index in [1.807, 2.05) is 0 Å². The van der Waals surface area contributed by atoms with Crippen LogP contribution in [0.5, 0.6) is 0 Å². The maximum Gasteiger partial charge on any atom is 0.0874 e. The van der Waals surface area contributed by atoms with Crippen molar-refractivity contribution in [1.29, 1.82) is 0 Å². The van der Waals surface area contributed by atoms with E-state index in [2.05, 4.69) is 28.8 Å². The molecule has 0 aliphatic heterocycles. The predicted molar refractivity (Wildman–Crippen MR) is 64.2 cm³/mol. The Hall–Kier alpha value is -0.900. The van der Waals surface area contributed by atoms with Crippen LogP contribution < -0.4 is 5.73 Å². The molecule has 4 heteroatoms. The number of nitrogens with zero attached hydrogens (tertiary/aromatic N) is 3. The van der Waals surface area contributed by atoms with Crippen molar-refractivity contribution in [2.45, 2.75) is 52.0 Å². The van der Waals surface area contributed by atoms with Crippen LogP contribution in [0.15, 0.2) is 0 Å². The van der Waals surface area contributed by atoms with Crippen LogP contribution in [0, 0.1) is 5.92 Å². The van der Waals surface area contributed by atoms with Gasteiger partial charge in [-0.2, -0.15) is 0 Å². The Morgan fingerprint density at radius 1 is 1.44 bits per heavy atom. The van der Waals surface area contributed by atoms with E-state index in [-0.39, 0.29) is 0 Å². The van der Waals surface area contributed by atoms with Crippen molar-refractivity contribution >= 4 is 0 Å². The van der Waals surface area contributed by atoms with Crippen LogP contribution in [0.3, 0.4) is 0 Å². The van der Waals surface area contributed by atoms with E-state index in [0.29, 0.717) is 12.5 Å². The molecule has 1 fully saturated rings. The first-order valence-corrected chi connectivity index (χ1v) is 6.34. The third-order valence-corrected chi connectivity index (χ3v) is 3.22. The number of nitrogens with two attached hydrogens (primary N) is 1. The van der Waals surface area contributed by atoms with Gasteiger partial charge in [-0.05, 0) is 24.8 Å². The van der Waals surface area contributed by atoms with Crippen LogP contribution in [0.25, 0.3) is 0 Å². The van der Waals surface area contributed by atoms with E-state index in [9.17, 15) is 0 Å². The van der Waals surface area contributed by atoms with Crippen LogP contribution in [-0.4, -0.2) is 21.5 Å². The zero-order chi connectivity index (χ0) is 11.5. The van der Waals surface area contributed by atoms with Crippen molar-refractivity contribution in [3.63, 3.8) is 0 Å². The third-order valence-electron chi connectivity index (χ3n) is 3.22. The monoisotopic (exact) mass is 222 g/mol. The van der Waals surface area contributed by atoms with Gasteiger partial charge in [0, 0.05) is 13.0 Å².